The molecule has 1 aromatic carbocycles. The number of aryl methyl sites for hydroxylation is 1. The summed E-state index contributed by atoms with van der Waals surface area (Å²) in [6, 6.07) is 8.43. The lowest BCUT2D eigenvalue weighted by Crippen LogP contribution is -2.08. The zero-order valence-electron chi connectivity index (χ0n) is 10.6. The molecule has 4 heteroatoms. The van der Waals surface area contributed by atoms with Crippen molar-refractivity contribution < 1.29 is 0 Å². The Kier molecular flexibility index (Phi) is 2.78. The monoisotopic (exact) mass is 242 g/mol. The Morgan fingerprint density at radius 3 is 2.44 bits per heavy atom. The van der Waals surface area contributed by atoms with Crippen molar-refractivity contribution in [3.05, 3.63) is 30.1 Å². The maximum Gasteiger partial charge on any atom is 0.164 e. The van der Waals surface area contributed by atoms with Crippen LogP contribution in [0.1, 0.15) is 37.5 Å². The van der Waals surface area contributed by atoms with Gasteiger partial charge in [0.25, 0.3) is 0 Å². The van der Waals surface area contributed by atoms with E-state index < -0.39 is 0 Å². The highest BCUT2D eigenvalue weighted by Gasteiger charge is 2.22. The van der Waals surface area contributed by atoms with Crippen LogP contribution in [0.5, 0.6) is 0 Å². The SMILES string of the molecule is Cc1nnc(-c2ccc(N)cc2)n1C1CCCC1. The quantitative estimate of drug-likeness (QED) is 0.824. The van der Waals surface area contributed by atoms with Gasteiger partial charge in [0.15, 0.2) is 5.82 Å². The highest BCUT2D eigenvalue weighted by atomic mass is 15.3. The maximum absolute atomic E-state index is 5.73. The van der Waals surface area contributed by atoms with Gasteiger partial charge in [-0.25, -0.2) is 0 Å². The van der Waals surface area contributed by atoms with Gasteiger partial charge in [-0.2, -0.15) is 0 Å². The van der Waals surface area contributed by atoms with Crippen LogP contribution in [0, 0.1) is 6.92 Å². The molecule has 0 saturated heterocycles. The first-order valence-corrected chi connectivity index (χ1v) is 6.53. The van der Waals surface area contributed by atoms with Gasteiger partial charge in [0.05, 0.1) is 0 Å². The summed E-state index contributed by atoms with van der Waals surface area (Å²) < 4.78 is 2.29. The Labute approximate surface area is 107 Å². The van der Waals surface area contributed by atoms with E-state index in [0.717, 1.165) is 22.9 Å². The van der Waals surface area contributed by atoms with Crippen LogP contribution < -0.4 is 5.73 Å². The lowest BCUT2D eigenvalue weighted by Gasteiger charge is -2.15. The molecule has 0 aliphatic heterocycles. The van der Waals surface area contributed by atoms with Gasteiger partial charge in [-0.15, -0.1) is 10.2 Å². The third-order valence-corrected chi connectivity index (χ3v) is 3.72. The van der Waals surface area contributed by atoms with E-state index in [-0.39, 0.29) is 0 Å². The molecule has 4 nitrogen and oxygen atoms in total. The second kappa shape index (κ2) is 4.44. The lowest BCUT2D eigenvalue weighted by molar-refractivity contribution is 0.510. The first-order chi connectivity index (χ1) is 8.75. The van der Waals surface area contributed by atoms with E-state index in [0.29, 0.717) is 6.04 Å². The minimum atomic E-state index is 0.563. The predicted molar refractivity (Wildman–Crippen MR) is 72.1 cm³/mol. The minimum Gasteiger partial charge on any atom is -0.399 e. The second-order valence-corrected chi connectivity index (χ2v) is 5.00. The number of hydrogen-bond donors (Lipinski definition) is 1. The molecule has 0 spiro atoms. The van der Waals surface area contributed by atoms with E-state index in [2.05, 4.69) is 14.8 Å². The molecule has 94 valence electrons. The fourth-order valence-corrected chi connectivity index (χ4v) is 2.80. The fourth-order valence-electron chi connectivity index (χ4n) is 2.80. The molecule has 1 aliphatic rings. The van der Waals surface area contributed by atoms with E-state index >= 15 is 0 Å². The van der Waals surface area contributed by atoms with Crippen LogP contribution in [-0.2, 0) is 0 Å². The fraction of sp³-hybridized carbons (Fsp3) is 0.429. The highest BCUT2D eigenvalue weighted by molar-refractivity contribution is 5.59. The van der Waals surface area contributed by atoms with Crippen LogP contribution in [0.25, 0.3) is 11.4 Å². The number of hydrogen-bond acceptors (Lipinski definition) is 3. The predicted octanol–water partition coefficient (Wildman–Crippen LogP) is 2.95. The zero-order chi connectivity index (χ0) is 12.5. The van der Waals surface area contributed by atoms with Crippen LogP contribution in [0.3, 0.4) is 0 Å². The van der Waals surface area contributed by atoms with E-state index in [9.17, 15) is 0 Å². The average molecular weight is 242 g/mol. The number of nitrogens with zero attached hydrogens (tertiary/aromatic N) is 3. The van der Waals surface area contributed by atoms with Crippen molar-refractivity contribution in [2.45, 2.75) is 38.6 Å². The molecular formula is C14H18N4. The molecular weight excluding hydrogens is 224 g/mol. The molecule has 1 aliphatic carbocycles. The molecule has 3 rings (SSSR count). The van der Waals surface area contributed by atoms with Crippen LogP contribution >= 0.6 is 0 Å². The van der Waals surface area contributed by atoms with E-state index in [4.69, 9.17) is 5.73 Å². The van der Waals surface area contributed by atoms with Gasteiger partial charge in [-0.1, -0.05) is 12.8 Å². The lowest BCUT2D eigenvalue weighted by atomic mass is 10.1. The van der Waals surface area contributed by atoms with E-state index in [1.807, 2.05) is 31.2 Å². The molecule has 1 saturated carbocycles. The van der Waals surface area contributed by atoms with Crippen molar-refractivity contribution in [3.8, 4) is 11.4 Å². The summed E-state index contributed by atoms with van der Waals surface area (Å²) >= 11 is 0. The summed E-state index contributed by atoms with van der Waals surface area (Å²) in [6.45, 7) is 2.03. The molecule has 0 unspecified atom stereocenters. The maximum atomic E-state index is 5.73. The smallest absolute Gasteiger partial charge is 0.164 e. The first kappa shape index (κ1) is 11.3. The molecule has 0 radical (unpaired) electrons. The van der Waals surface area contributed by atoms with Crippen LogP contribution in [0.2, 0.25) is 0 Å². The van der Waals surface area contributed by atoms with Gasteiger partial charge >= 0.3 is 0 Å². The number of benzene rings is 1. The number of rotatable bonds is 2. The first-order valence-electron chi connectivity index (χ1n) is 6.53. The van der Waals surface area contributed by atoms with Crippen molar-refractivity contribution in [1.82, 2.24) is 14.8 Å². The van der Waals surface area contributed by atoms with Gasteiger partial charge in [0, 0.05) is 17.3 Å². The summed E-state index contributed by atoms with van der Waals surface area (Å²) in [5.41, 5.74) is 7.60. The normalized spacial score (nSPS) is 16.3. The third kappa shape index (κ3) is 1.88. The van der Waals surface area contributed by atoms with E-state index in [1.165, 1.54) is 25.7 Å². The molecule has 1 fully saturated rings. The Hall–Kier alpha value is -1.84. The van der Waals surface area contributed by atoms with Crippen LogP contribution in [0.4, 0.5) is 5.69 Å². The number of nitrogen functional groups attached to an aromatic ring is 1. The number of nitrogens with two attached hydrogens (primary N) is 1. The molecule has 18 heavy (non-hydrogen) atoms. The van der Waals surface area contributed by atoms with Gasteiger partial charge in [0.2, 0.25) is 0 Å². The highest BCUT2D eigenvalue weighted by Crippen LogP contribution is 2.33. The summed E-state index contributed by atoms with van der Waals surface area (Å²) in [5.74, 6) is 1.98. The van der Waals surface area contributed by atoms with Crippen molar-refractivity contribution in [1.29, 1.82) is 0 Å². The minimum absolute atomic E-state index is 0.563. The zero-order valence-corrected chi connectivity index (χ0v) is 10.6. The molecule has 0 bridgehead atoms. The van der Waals surface area contributed by atoms with Gasteiger partial charge in [-0.3, -0.25) is 0 Å². The summed E-state index contributed by atoms with van der Waals surface area (Å²) in [5, 5.41) is 8.57. The van der Waals surface area contributed by atoms with Crippen LogP contribution in [0.15, 0.2) is 24.3 Å². The summed E-state index contributed by atoms with van der Waals surface area (Å²) in [6.07, 6.45) is 5.09. The molecule has 0 atom stereocenters. The second-order valence-electron chi connectivity index (χ2n) is 5.00. The molecule has 2 aromatic rings. The van der Waals surface area contributed by atoms with Crippen molar-refractivity contribution in [2.24, 2.45) is 0 Å². The van der Waals surface area contributed by atoms with Crippen molar-refractivity contribution >= 4 is 5.69 Å². The largest absolute Gasteiger partial charge is 0.399 e. The van der Waals surface area contributed by atoms with Crippen molar-refractivity contribution in [3.63, 3.8) is 0 Å². The Balaban J connectivity index is 2.04. The molecule has 1 heterocycles. The average Bonchev–Trinajstić information content (AvgIpc) is 2.99. The molecule has 1 aromatic heterocycles. The van der Waals surface area contributed by atoms with Gasteiger partial charge in [-0.05, 0) is 44.0 Å². The molecule has 2 N–H and O–H groups in total. The third-order valence-electron chi connectivity index (χ3n) is 3.72. The summed E-state index contributed by atoms with van der Waals surface area (Å²) in [7, 11) is 0. The standard InChI is InChI=1S/C14H18N4/c1-10-16-17-14(11-6-8-12(15)9-7-11)18(10)13-4-2-3-5-13/h6-9,13H,2-5,15H2,1H3. The van der Waals surface area contributed by atoms with Crippen molar-refractivity contribution in [2.75, 3.05) is 5.73 Å². The Bertz CT molecular complexity index is 535. The van der Waals surface area contributed by atoms with Gasteiger partial charge < -0.3 is 10.3 Å². The number of aromatic nitrogens is 3. The Morgan fingerprint density at radius 1 is 1.11 bits per heavy atom. The van der Waals surface area contributed by atoms with Crippen LogP contribution in [-0.4, -0.2) is 14.8 Å². The number of anilines is 1. The summed E-state index contributed by atoms with van der Waals surface area (Å²) in [4.78, 5) is 0. The van der Waals surface area contributed by atoms with Gasteiger partial charge in [0.1, 0.15) is 5.82 Å². The van der Waals surface area contributed by atoms with E-state index in [1.54, 1.807) is 0 Å². The Morgan fingerprint density at radius 2 is 1.78 bits per heavy atom. The molecule has 0 amide bonds. The topological polar surface area (TPSA) is 56.7 Å².